The lowest BCUT2D eigenvalue weighted by Gasteiger charge is -2.25. The predicted octanol–water partition coefficient (Wildman–Crippen LogP) is 4.69. The first kappa shape index (κ1) is 58.2. The molecule has 0 fully saturated rings. The first-order chi connectivity index (χ1) is 36.3. The molecule has 0 unspecified atom stereocenters. The molecule has 5 aromatic rings. The molecule has 2 heterocycles. The van der Waals surface area contributed by atoms with Crippen LogP contribution in [0.3, 0.4) is 0 Å². The molecule has 0 saturated carbocycles. The number of nitrogens with zero attached hydrogens (tertiary/aromatic N) is 6. The van der Waals surface area contributed by atoms with Gasteiger partial charge in [0.1, 0.15) is 34.5 Å². The van der Waals surface area contributed by atoms with Gasteiger partial charge in [0.25, 0.3) is 0 Å². The summed E-state index contributed by atoms with van der Waals surface area (Å²) < 4.78 is 34.0. The number of thiocarbonyl (C=S) groups is 1. The number of benzene rings is 3. The fraction of sp³-hybridized carbons (Fsp3) is 0.314. The van der Waals surface area contributed by atoms with Gasteiger partial charge in [-0.25, -0.2) is 9.59 Å². The highest BCUT2D eigenvalue weighted by Crippen LogP contribution is 2.44. The fourth-order valence-electron chi connectivity index (χ4n) is 8.02. The van der Waals surface area contributed by atoms with E-state index in [2.05, 4.69) is 10.2 Å². The summed E-state index contributed by atoms with van der Waals surface area (Å²) in [6.07, 6.45) is 0.426. The molecule has 0 saturated heterocycles. The zero-order valence-electron chi connectivity index (χ0n) is 41.6. The number of carbonyl (C=O) groups is 6. The van der Waals surface area contributed by atoms with E-state index in [1.54, 1.807) is 36.4 Å². The number of carboxylic acids is 6. The van der Waals surface area contributed by atoms with E-state index in [1.165, 1.54) is 62.5 Å². The number of pyridine rings is 2. The van der Waals surface area contributed by atoms with Gasteiger partial charge in [-0.3, -0.25) is 43.8 Å². The van der Waals surface area contributed by atoms with Crippen molar-refractivity contribution in [3.8, 4) is 56.8 Å². The molecule has 0 aliphatic heterocycles. The molecule has 0 aliphatic rings. The highest BCUT2D eigenvalue weighted by molar-refractivity contribution is 7.78. The van der Waals surface area contributed by atoms with Crippen molar-refractivity contribution in [1.29, 1.82) is 0 Å². The Morgan fingerprint density at radius 1 is 0.500 bits per heavy atom. The quantitative estimate of drug-likeness (QED) is 0.0251. The van der Waals surface area contributed by atoms with Gasteiger partial charge in [0.15, 0.2) is 13.2 Å². The summed E-state index contributed by atoms with van der Waals surface area (Å²) in [7, 11) is 5.52. The third-order valence-corrected chi connectivity index (χ3v) is 11.0. The Kier molecular flexibility index (Phi) is 21.5. The van der Waals surface area contributed by atoms with Crippen LogP contribution >= 0.6 is 12.2 Å². The second-order valence-electron chi connectivity index (χ2n) is 16.6. The van der Waals surface area contributed by atoms with Crippen LogP contribution in [0.5, 0.6) is 34.5 Å². The summed E-state index contributed by atoms with van der Waals surface area (Å²) >= 11 is 4.78. The van der Waals surface area contributed by atoms with Crippen LogP contribution in [0, 0.1) is 0 Å². The largest absolute Gasteiger partial charge is 0.496 e. The molecule has 6 N–H and O–H groups in total. The highest BCUT2D eigenvalue weighted by atomic mass is 32.1. The van der Waals surface area contributed by atoms with Crippen LogP contribution in [0.1, 0.15) is 28.3 Å². The summed E-state index contributed by atoms with van der Waals surface area (Å²) in [5, 5.41) is 59.9. The molecule has 2 aromatic heterocycles. The van der Waals surface area contributed by atoms with Crippen molar-refractivity contribution in [2.45, 2.75) is 32.6 Å². The lowest BCUT2D eigenvalue weighted by atomic mass is 10.0. The molecule has 0 bridgehead atoms. The van der Waals surface area contributed by atoms with Crippen LogP contribution in [0.4, 0.5) is 5.69 Å². The minimum absolute atomic E-state index is 0.0318. The maximum atomic E-state index is 12.0. The van der Waals surface area contributed by atoms with Gasteiger partial charge < -0.3 is 59.1 Å². The number of carboxylic acid groups (broad SMARTS) is 6. The first-order valence-corrected chi connectivity index (χ1v) is 23.1. The van der Waals surface area contributed by atoms with Crippen molar-refractivity contribution in [3.05, 3.63) is 101 Å². The third kappa shape index (κ3) is 17.7. The molecule has 0 aliphatic carbocycles. The molecule has 76 heavy (non-hydrogen) atoms. The summed E-state index contributed by atoms with van der Waals surface area (Å²) in [5.41, 5.74) is 4.28. The molecule has 0 spiro atoms. The molecule has 0 radical (unpaired) electrons. The number of hydrogen-bond acceptors (Lipinski definition) is 19. The number of isothiocyanates is 1. The van der Waals surface area contributed by atoms with E-state index in [0.717, 1.165) is 5.56 Å². The fourth-order valence-corrected chi connectivity index (χ4v) is 8.13. The zero-order valence-corrected chi connectivity index (χ0v) is 42.4. The van der Waals surface area contributed by atoms with Crippen LogP contribution < -0.4 is 28.4 Å². The standard InChI is InChI=1S/C51H54N6O18S/c1-70-40-15-38(74-27-48(66)67)16-41(71-2)50(40)31-11-34(53-36(13-31)21-56(23-44(58)59)24-45(60)61)19-55(10-9-30-5-7-33(8-6-30)52-29-76)20-35-12-32(14-37(54-35)22-57(25-46(62)63)26-47(64)65)51-42(72-3)17-39(18-43(51)73-4)75-28-49(68)69/h5-8,11-18H,9-10,19-28H2,1-4H3,(H,58,59)(H,60,61)(H,62,63)(H,64,65)(H,66,67)(H,68,69). The molecule has 402 valence electrons. The van der Waals surface area contributed by atoms with Gasteiger partial charge >= 0.3 is 35.8 Å². The number of ether oxygens (including phenoxy) is 6. The second kappa shape index (κ2) is 28.1. The summed E-state index contributed by atoms with van der Waals surface area (Å²) in [4.78, 5) is 88.8. The maximum Gasteiger partial charge on any atom is 0.341 e. The topological polar surface area (TPSA) is 327 Å². The van der Waals surface area contributed by atoms with Crippen LogP contribution in [0.2, 0.25) is 0 Å². The zero-order chi connectivity index (χ0) is 55.5. The molecule has 0 atom stereocenters. The average molecular weight is 1070 g/mol. The van der Waals surface area contributed by atoms with E-state index in [0.29, 0.717) is 52.3 Å². The second-order valence-corrected chi connectivity index (χ2v) is 16.8. The van der Waals surface area contributed by atoms with Gasteiger partial charge in [-0.15, -0.1) is 0 Å². The Balaban J connectivity index is 1.74. The Hall–Kier alpha value is -8.74. The smallest absolute Gasteiger partial charge is 0.341 e. The third-order valence-electron chi connectivity index (χ3n) is 10.9. The van der Waals surface area contributed by atoms with Crippen LogP contribution in [-0.4, -0.2) is 171 Å². The Bertz CT molecular complexity index is 2720. The Morgan fingerprint density at radius 3 is 1.12 bits per heavy atom. The van der Waals surface area contributed by atoms with Crippen molar-refractivity contribution in [1.82, 2.24) is 24.7 Å². The molecular weight excluding hydrogens is 1020 g/mol. The van der Waals surface area contributed by atoms with E-state index in [9.17, 15) is 59.4 Å². The van der Waals surface area contributed by atoms with Crippen molar-refractivity contribution < 1.29 is 87.8 Å². The lowest BCUT2D eigenvalue weighted by molar-refractivity contribution is -0.144. The van der Waals surface area contributed by atoms with E-state index < -0.39 is 75.2 Å². The van der Waals surface area contributed by atoms with Gasteiger partial charge in [0, 0.05) is 57.0 Å². The van der Waals surface area contributed by atoms with E-state index in [-0.39, 0.29) is 72.1 Å². The molecular formula is C51H54N6O18S. The molecule has 0 amide bonds. The number of methoxy groups -OCH3 is 4. The SMILES string of the molecule is COc1cc(OCC(=O)O)cc(OC)c1-c1cc(CN(CC(=O)O)CC(=O)O)nc(CN(CCc2ccc(N=C=S)cc2)Cc2cc(-c3c(OC)cc(OCC(=O)O)cc3OC)cc(CN(CC(=O)O)CC(=O)O)n2)c1. The van der Waals surface area contributed by atoms with Crippen molar-refractivity contribution in [3.63, 3.8) is 0 Å². The minimum Gasteiger partial charge on any atom is -0.496 e. The van der Waals surface area contributed by atoms with Crippen molar-refractivity contribution in [2.75, 3.05) is 74.4 Å². The molecule has 25 heteroatoms. The van der Waals surface area contributed by atoms with E-state index >= 15 is 0 Å². The monoisotopic (exact) mass is 1070 g/mol. The highest BCUT2D eigenvalue weighted by Gasteiger charge is 2.24. The number of aliphatic carboxylic acids is 6. The summed E-state index contributed by atoms with van der Waals surface area (Å²) in [6.45, 7) is -4.06. The lowest BCUT2D eigenvalue weighted by Crippen LogP contribution is -2.34. The number of rotatable bonds is 32. The summed E-state index contributed by atoms with van der Waals surface area (Å²) in [5.74, 6) is -6.62. The number of aliphatic imine (C=N–C) groups is 1. The molecule has 5 rings (SSSR count). The Morgan fingerprint density at radius 2 is 0.829 bits per heavy atom. The van der Waals surface area contributed by atoms with E-state index in [4.69, 9.17) is 50.6 Å². The van der Waals surface area contributed by atoms with Gasteiger partial charge in [-0.1, -0.05) is 12.1 Å². The number of aromatic nitrogens is 2. The van der Waals surface area contributed by atoms with Crippen molar-refractivity contribution >= 4 is 58.9 Å². The minimum atomic E-state index is -1.29. The predicted molar refractivity (Wildman–Crippen MR) is 272 cm³/mol. The van der Waals surface area contributed by atoms with Crippen LogP contribution in [-0.2, 0) is 61.4 Å². The number of hydrogen-bond donors (Lipinski definition) is 6. The Labute approximate surface area is 439 Å². The normalized spacial score (nSPS) is 10.9. The first-order valence-electron chi connectivity index (χ1n) is 22.7. The summed E-state index contributed by atoms with van der Waals surface area (Å²) in [6, 6.07) is 19.8. The molecule has 24 nitrogen and oxygen atoms in total. The molecule has 3 aromatic carbocycles. The maximum absolute atomic E-state index is 12.0. The van der Waals surface area contributed by atoms with E-state index in [1.807, 2.05) is 17.0 Å². The van der Waals surface area contributed by atoms with Gasteiger partial charge in [-0.05, 0) is 71.7 Å². The van der Waals surface area contributed by atoms with Gasteiger partial charge in [0.2, 0.25) is 0 Å². The van der Waals surface area contributed by atoms with Gasteiger partial charge in [0.05, 0.1) is 99.4 Å². The van der Waals surface area contributed by atoms with Crippen molar-refractivity contribution in [2.24, 2.45) is 4.99 Å². The van der Waals surface area contributed by atoms with Gasteiger partial charge in [-0.2, -0.15) is 4.99 Å². The average Bonchev–Trinajstić information content (AvgIpc) is 3.35. The van der Waals surface area contributed by atoms with Crippen LogP contribution in [0.25, 0.3) is 22.3 Å². The van der Waals surface area contributed by atoms with Crippen LogP contribution in [0.15, 0.2) is 77.8 Å².